The van der Waals surface area contributed by atoms with Gasteiger partial charge in [-0.15, -0.1) is 0 Å². The lowest BCUT2D eigenvalue weighted by molar-refractivity contribution is -0.187. The Balaban J connectivity index is 1.91. The SMILES string of the molecule is CNCc1coc(CN2CCCC(C(F)(F)F)C2)c1. The van der Waals surface area contributed by atoms with Crippen molar-refractivity contribution in [3.63, 3.8) is 0 Å². The van der Waals surface area contributed by atoms with Crippen LogP contribution in [0.25, 0.3) is 0 Å². The first-order valence-corrected chi connectivity index (χ1v) is 6.49. The van der Waals surface area contributed by atoms with E-state index in [-0.39, 0.29) is 13.0 Å². The van der Waals surface area contributed by atoms with Crippen LogP contribution in [-0.4, -0.2) is 31.2 Å². The molecule has 108 valence electrons. The lowest BCUT2D eigenvalue weighted by atomic mass is 9.97. The number of hydrogen-bond acceptors (Lipinski definition) is 3. The van der Waals surface area contributed by atoms with Crippen molar-refractivity contribution in [2.75, 3.05) is 20.1 Å². The molecular formula is C13H19F3N2O. The molecule has 1 aliphatic rings. The van der Waals surface area contributed by atoms with E-state index in [1.165, 1.54) is 0 Å². The van der Waals surface area contributed by atoms with Crippen molar-refractivity contribution >= 4 is 0 Å². The monoisotopic (exact) mass is 276 g/mol. The third-order valence-electron chi connectivity index (χ3n) is 3.44. The van der Waals surface area contributed by atoms with E-state index < -0.39 is 12.1 Å². The fourth-order valence-electron chi connectivity index (χ4n) is 2.49. The third kappa shape index (κ3) is 3.98. The summed E-state index contributed by atoms with van der Waals surface area (Å²) in [6.45, 7) is 1.94. The van der Waals surface area contributed by atoms with Crippen molar-refractivity contribution in [2.24, 2.45) is 5.92 Å². The first kappa shape index (κ1) is 14.4. The summed E-state index contributed by atoms with van der Waals surface area (Å²) >= 11 is 0. The summed E-state index contributed by atoms with van der Waals surface area (Å²) in [5, 5.41) is 3.01. The molecule has 19 heavy (non-hydrogen) atoms. The quantitative estimate of drug-likeness (QED) is 0.916. The highest BCUT2D eigenvalue weighted by Crippen LogP contribution is 2.33. The number of nitrogens with one attached hydrogen (secondary N) is 1. The fourth-order valence-corrected chi connectivity index (χ4v) is 2.49. The molecule has 0 amide bonds. The number of nitrogens with zero attached hydrogens (tertiary/aromatic N) is 1. The Morgan fingerprint density at radius 1 is 1.47 bits per heavy atom. The predicted molar refractivity (Wildman–Crippen MR) is 65.5 cm³/mol. The molecule has 1 atom stereocenters. The zero-order chi connectivity index (χ0) is 13.9. The van der Waals surface area contributed by atoms with Crippen LogP contribution in [0.3, 0.4) is 0 Å². The highest BCUT2D eigenvalue weighted by Gasteiger charge is 2.41. The van der Waals surface area contributed by atoms with Gasteiger partial charge < -0.3 is 9.73 Å². The van der Waals surface area contributed by atoms with Gasteiger partial charge in [-0.3, -0.25) is 4.90 Å². The molecule has 1 N–H and O–H groups in total. The van der Waals surface area contributed by atoms with Gasteiger partial charge in [-0.2, -0.15) is 13.2 Å². The van der Waals surface area contributed by atoms with Gasteiger partial charge in [-0.25, -0.2) is 0 Å². The average Bonchev–Trinajstić information content (AvgIpc) is 2.76. The first-order chi connectivity index (χ1) is 8.99. The Labute approximate surface area is 110 Å². The maximum Gasteiger partial charge on any atom is 0.393 e. The molecular weight excluding hydrogens is 257 g/mol. The molecule has 1 aromatic heterocycles. The molecule has 3 nitrogen and oxygen atoms in total. The van der Waals surface area contributed by atoms with E-state index in [2.05, 4.69) is 5.32 Å². The van der Waals surface area contributed by atoms with Crippen LogP contribution in [0.5, 0.6) is 0 Å². The van der Waals surface area contributed by atoms with E-state index in [1.807, 2.05) is 18.0 Å². The van der Waals surface area contributed by atoms with Crippen molar-refractivity contribution in [3.05, 3.63) is 23.7 Å². The first-order valence-electron chi connectivity index (χ1n) is 6.49. The molecule has 0 saturated carbocycles. The molecule has 2 heterocycles. The van der Waals surface area contributed by atoms with E-state index in [1.54, 1.807) is 6.26 Å². The molecule has 0 aromatic carbocycles. The van der Waals surface area contributed by atoms with Crippen molar-refractivity contribution in [3.8, 4) is 0 Å². The molecule has 1 unspecified atom stereocenters. The van der Waals surface area contributed by atoms with Crippen molar-refractivity contribution in [1.29, 1.82) is 0 Å². The maximum absolute atomic E-state index is 12.7. The number of piperidine rings is 1. The zero-order valence-electron chi connectivity index (χ0n) is 11.0. The van der Waals surface area contributed by atoms with Crippen LogP contribution in [0.1, 0.15) is 24.2 Å². The van der Waals surface area contributed by atoms with Crippen molar-refractivity contribution in [1.82, 2.24) is 10.2 Å². The van der Waals surface area contributed by atoms with Gasteiger partial charge in [0, 0.05) is 18.7 Å². The van der Waals surface area contributed by atoms with E-state index in [4.69, 9.17) is 4.42 Å². The molecule has 0 radical (unpaired) electrons. The van der Waals surface area contributed by atoms with Gasteiger partial charge in [0.1, 0.15) is 5.76 Å². The molecule has 1 aliphatic heterocycles. The molecule has 2 rings (SSSR count). The molecule has 1 aromatic rings. The number of alkyl halides is 3. The Kier molecular flexibility index (Phi) is 4.52. The number of hydrogen-bond donors (Lipinski definition) is 1. The summed E-state index contributed by atoms with van der Waals surface area (Å²) in [6.07, 6.45) is -1.60. The predicted octanol–water partition coefficient (Wildman–Crippen LogP) is 2.77. The summed E-state index contributed by atoms with van der Waals surface area (Å²) in [6, 6.07) is 1.90. The Hall–Kier alpha value is -1.01. The largest absolute Gasteiger partial charge is 0.468 e. The van der Waals surface area contributed by atoms with E-state index in [9.17, 15) is 13.2 Å². The van der Waals surface area contributed by atoms with Crippen LogP contribution in [0, 0.1) is 5.92 Å². The van der Waals surface area contributed by atoms with Gasteiger partial charge in [0.25, 0.3) is 0 Å². The van der Waals surface area contributed by atoms with E-state index >= 15 is 0 Å². The van der Waals surface area contributed by atoms with Gasteiger partial charge in [0.15, 0.2) is 0 Å². The molecule has 0 aliphatic carbocycles. The normalized spacial score (nSPS) is 21.8. The minimum Gasteiger partial charge on any atom is -0.468 e. The summed E-state index contributed by atoms with van der Waals surface area (Å²) in [7, 11) is 1.84. The van der Waals surface area contributed by atoms with Gasteiger partial charge in [-0.05, 0) is 32.5 Å². The second-order valence-corrected chi connectivity index (χ2v) is 5.07. The lowest BCUT2D eigenvalue weighted by Gasteiger charge is -2.33. The Bertz CT molecular complexity index is 403. The molecule has 6 heteroatoms. The Morgan fingerprint density at radius 2 is 2.26 bits per heavy atom. The van der Waals surface area contributed by atoms with Crippen LogP contribution in [0.15, 0.2) is 16.7 Å². The minimum atomic E-state index is -4.08. The van der Waals surface area contributed by atoms with Gasteiger partial charge >= 0.3 is 6.18 Å². The second-order valence-electron chi connectivity index (χ2n) is 5.07. The van der Waals surface area contributed by atoms with Crippen molar-refractivity contribution in [2.45, 2.75) is 32.1 Å². The smallest absolute Gasteiger partial charge is 0.393 e. The van der Waals surface area contributed by atoms with Gasteiger partial charge in [-0.1, -0.05) is 0 Å². The number of furan rings is 1. The van der Waals surface area contributed by atoms with Gasteiger partial charge in [0.05, 0.1) is 18.7 Å². The van der Waals surface area contributed by atoms with E-state index in [0.717, 1.165) is 11.3 Å². The molecule has 0 bridgehead atoms. The van der Waals surface area contributed by atoms with Crippen LogP contribution in [-0.2, 0) is 13.1 Å². The highest BCUT2D eigenvalue weighted by molar-refractivity contribution is 5.12. The summed E-state index contributed by atoms with van der Waals surface area (Å²) in [5.74, 6) is -0.471. The standard InChI is InChI=1S/C13H19F3N2O/c1-17-6-10-5-12(19-9-10)8-18-4-2-3-11(7-18)13(14,15)16/h5,9,11,17H,2-4,6-8H2,1H3. The molecule has 0 spiro atoms. The van der Waals surface area contributed by atoms with Crippen LogP contribution in [0.4, 0.5) is 13.2 Å². The second kappa shape index (κ2) is 5.96. The van der Waals surface area contributed by atoms with Crippen LogP contribution < -0.4 is 5.32 Å². The van der Waals surface area contributed by atoms with Crippen molar-refractivity contribution < 1.29 is 17.6 Å². The third-order valence-corrected chi connectivity index (χ3v) is 3.44. The summed E-state index contributed by atoms with van der Waals surface area (Å²) in [5.41, 5.74) is 1.02. The number of likely N-dealkylation sites (tertiary alicyclic amines) is 1. The topological polar surface area (TPSA) is 28.4 Å². The average molecular weight is 276 g/mol. The van der Waals surface area contributed by atoms with Crippen LogP contribution >= 0.6 is 0 Å². The minimum absolute atomic E-state index is 0.0750. The number of halogens is 3. The molecule has 1 saturated heterocycles. The summed E-state index contributed by atoms with van der Waals surface area (Å²) < 4.78 is 43.5. The summed E-state index contributed by atoms with van der Waals surface area (Å²) in [4.78, 5) is 1.82. The molecule has 1 fully saturated rings. The lowest BCUT2D eigenvalue weighted by Crippen LogP contribution is -2.41. The highest BCUT2D eigenvalue weighted by atomic mass is 19.4. The maximum atomic E-state index is 12.7. The Morgan fingerprint density at radius 3 is 2.95 bits per heavy atom. The fraction of sp³-hybridized carbons (Fsp3) is 0.692. The van der Waals surface area contributed by atoms with Gasteiger partial charge in [0.2, 0.25) is 0 Å². The number of rotatable bonds is 4. The van der Waals surface area contributed by atoms with Crippen LogP contribution in [0.2, 0.25) is 0 Å². The van der Waals surface area contributed by atoms with E-state index in [0.29, 0.717) is 26.1 Å². The zero-order valence-corrected chi connectivity index (χ0v) is 11.0.